The molecule has 2 fully saturated rings. The van der Waals surface area contributed by atoms with E-state index in [1.54, 1.807) is 24.3 Å². The van der Waals surface area contributed by atoms with Crippen LogP contribution >= 0.6 is 0 Å². The van der Waals surface area contributed by atoms with Gasteiger partial charge in [-0.2, -0.15) is 15.0 Å². The number of hydrogen-bond donors (Lipinski definition) is 2. The van der Waals surface area contributed by atoms with Crippen molar-refractivity contribution in [2.45, 2.75) is 12.8 Å². The van der Waals surface area contributed by atoms with Crippen LogP contribution in [0.1, 0.15) is 24.2 Å². The third-order valence-corrected chi connectivity index (χ3v) is 5.33. The largest absolute Gasteiger partial charge is 0.353 e. The Balaban J connectivity index is 1.42. The second kappa shape index (κ2) is 8.25. The van der Waals surface area contributed by atoms with Gasteiger partial charge in [0.25, 0.3) is 0 Å². The second-order valence-electron chi connectivity index (χ2n) is 7.80. The van der Waals surface area contributed by atoms with E-state index >= 15 is 0 Å². The van der Waals surface area contributed by atoms with E-state index < -0.39 is 0 Å². The number of nitrogens with zero attached hydrogens (tertiary/aromatic N) is 5. The molecule has 1 amide bonds. The third-order valence-electron chi connectivity index (χ3n) is 5.33. The Labute approximate surface area is 179 Å². The molecule has 0 bridgehead atoms. The minimum atomic E-state index is -0.308. The van der Waals surface area contributed by atoms with Crippen molar-refractivity contribution in [3.63, 3.8) is 0 Å². The number of piperazine rings is 1. The lowest BCUT2D eigenvalue weighted by molar-refractivity contribution is -0.120. The van der Waals surface area contributed by atoms with E-state index in [1.807, 2.05) is 4.90 Å². The van der Waals surface area contributed by atoms with Crippen molar-refractivity contribution >= 4 is 35.8 Å². The Bertz CT molecular complexity index is 1110. The maximum Gasteiger partial charge on any atom is 0.239 e. The van der Waals surface area contributed by atoms with Crippen LogP contribution in [0.15, 0.2) is 40.9 Å². The summed E-state index contributed by atoms with van der Waals surface area (Å²) in [5.41, 5.74) is 2.04. The Morgan fingerprint density at radius 3 is 2.90 bits per heavy atom. The van der Waals surface area contributed by atoms with Gasteiger partial charge in [-0.1, -0.05) is 18.2 Å². The molecule has 0 spiro atoms. The highest BCUT2D eigenvalue weighted by Gasteiger charge is 2.28. The lowest BCUT2D eigenvalue weighted by atomic mass is 10.2. The molecule has 2 aliphatic heterocycles. The zero-order valence-corrected chi connectivity index (χ0v) is 16.9. The number of benzene rings is 1. The van der Waals surface area contributed by atoms with Gasteiger partial charge < -0.3 is 15.5 Å². The van der Waals surface area contributed by atoms with E-state index in [1.165, 1.54) is 30.5 Å². The SMILES string of the molecule is O=C1CN(c2nc(/C=C/c3cccc(F)c3)nc(NC3=NCC(C4CC4)=C3)n2)CCN1. The number of rotatable bonds is 5. The number of hydrogen-bond acceptors (Lipinski definition) is 7. The van der Waals surface area contributed by atoms with Gasteiger partial charge in [0, 0.05) is 13.1 Å². The molecule has 0 radical (unpaired) electrons. The normalized spacial score (nSPS) is 18.7. The number of carbonyl (C=O) groups is 1. The van der Waals surface area contributed by atoms with Gasteiger partial charge in [0.15, 0.2) is 5.82 Å². The number of halogens is 1. The quantitative estimate of drug-likeness (QED) is 0.772. The zero-order chi connectivity index (χ0) is 21.2. The first-order chi connectivity index (χ1) is 15.1. The Hall–Kier alpha value is -3.62. The van der Waals surface area contributed by atoms with Crippen LogP contribution in [-0.4, -0.2) is 52.9 Å². The molecular formula is C22H22FN7O. The van der Waals surface area contributed by atoms with Crippen molar-refractivity contribution in [1.29, 1.82) is 0 Å². The number of anilines is 2. The van der Waals surface area contributed by atoms with Gasteiger partial charge in [-0.15, -0.1) is 0 Å². The minimum Gasteiger partial charge on any atom is -0.353 e. The van der Waals surface area contributed by atoms with Crippen LogP contribution in [0.4, 0.5) is 16.3 Å². The first-order valence-electron chi connectivity index (χ1n) is 10.4. The van der Waals surface area contributed by atoms with Crippen molar-refractivity contribution in [2.24, 2.45) is 10.9 Å². The molecule has 3 aliphatic rings. The maximum absolute atomic E-state index is 13.5. The Morgan fingerprint density at radius 1 is 1.19 bits per heavy atom. The number of amides is 1. The average molecular weight is 419 g/mol. The van der Waals surface area contributed by atoms with Gasteiger partial charge in [0.2, 0.25) is 17.8 Å². The maximum atomic E-state index is 13.5. The smallest absolute Gasteiger partial charge is 0.239 e. The monoisotopic (exact) mass is 419 g/mol. The van der Waals surface area contributed by atoms with E-state index in [9.17, 15) is 9.18 Å². The lowest BCUT2D eigenvalue weighted by Crippen LogP contribution is -2.48. The first kappa shape index (κ1) is 19.3. The molecule has 2 N–H and O–H groups in total. The molecule has 1 aromatic carbocycles. The molecule has 3 heterocycles. The second-order valence-corrected chi connectivity index (χ2v) is 7.80. The summed E-state index contributed by atoms with van der Waals surface area (Å²) in [6.07, 6.45) is 7.98. The molecule has 9 heteroatoms. The molecular weight excluding hydrogens is 397 g/mol. The van der Waals surface area contributed by atoms with E-state index in [-0.39, 0.29) is 18.3 Å². The molecule has 158 valence electrons. The zero-order valence-electron chi connectivity index (χ0n) is 16.9. The van der Waals surface area contributed by atoms with Gasteiger partial charge in [-0.05, 0) is 54.2 Å². The predicted molar refractivity (Wildman–Crippen MR) is 117 cm³/mol. The molecule has 1 aromatic heterocycles. The minimum absolute atomic E-state index is 0.0739. The Morgan fingerprint density at radius 2 is 2.10 bits per heavy atom. The highest BCUT2D eigenvalue weighted by Crippen LogP contribution is 2.37. The van der Waals surface area contributed by atoms with E-state index in [4.69, 9.17) is 0 Å². The molecule has 8 nitrogen and oxygen atoms in total. The van der Waals surface area contributed by atoms with Crippen LogP contribution < -0.4 is 15.5 Å². The fourth-order valence-electron chi connectivity index (χ4n) is 3.58. The predicted octanol–water partition coefficient (Wildman–Crippen LogP) is 2.28. The summed E-state index contributed by atoms with van der Waals surface area (Å²) >= 11 is 0. The number of carbonyl (C=O) groups excluding carboxylic acids is 1. The van der Waals surface area contributed by atoms with Crippen LogP contribution in [-0.2, 0) is 4.79 Å². The van der Waals surface area contributed by atoms with Crippen molar-refractivity contribution in [3.8, 4) is 0 Å². The van der Waals surface area contributed by atoms with E-state index in [0.29, 0.717) is 48.8 Å². The van der Waals surface area contributed by atoms with Gasteiger partial charge in [0.05, 0.1) is 13.1 Å². The molecule has 1 saturated carbocycles. The van der Waals surface area contributed by atoms with Gasteiger partial charge in [-0.3, -0.25) is 9.79 Å². The Kier molecular flexibility index (Phi) is 5.15. The number of amidine groups is 1. The number of nitrogens with one attached hydrogen (secondary N) is 2. The van der Waals surface area contributed by atoms with Crippen LogP contribution in [0.2, 0.25) is 0 Å². The fourth-order valence-corrected chi connectivity index (χ4v) is 3.58. The highest BCUT2D eigenvalue weighted by atomic mass is 19.1. The van der Waals surface area contributed by atoms with Crippen molar-refractivity contribution in [2.75, 3.05) is 36.4 Å². The summed E-state index contributed by atoms with van der Waals surface area (Å²) in [4.78, 5) is 31.7. The summed E-state index contributed by atoms with van der Waals surface area (Å²) in [6.45, 7) is 2.03. The van der Waals surface area contributed by atoms with Gasteiger partial charge in [-0.25, -0.2) is 4.39 Å². The van der Waals surface area contributed by atoms with Crippen LogP contribution in [0, 0.1) is 11.7 Å². The molecule has 31 heavy (non-hydrogen) atoms. The van der Waals surface area contributed by atoms with Gasteiger partial charge in [0.1, 0.15) is 11.7 Å². The summed E-state index contributed by atoms with van der Waals surface area (Å²) in [7, 11) is 0. The fraction of sp³-hybridized carbons (Fsp3) is 0.318. The lowest BCUT2D eigenvalue weighted by Gasteiger charge is -2.26. The van der Waals surface area contributed by atoms with E-state index in [0.717, 1.165) is 5.84 Å². The van der Waals surface area contributed by atoms with Crippen molar-refractivity contribution in [3.05, 3.63) is 53.1 Å². The van der Waals surface area contributed by atoms with Crippen molar-refractivity contribution < 1.29 is 9.18 Å². The van der Waals surface area contributed by atoms with E-state index in [2.05, 4.69) is 36.7 Å². The standard InChI is InChI=1S/C22H22FN7O/c23-17-3-1-2-14(10-17)4-7-18-26-21(27-19-11-16(12-25-19)15-5-6-15)29-22(28-18)30-9-8-24-20(31)13-30/h1-4,7,10-11,15H,5-6,8-9,12-13H2,(H,24,31)(H,25,26,27,28,29)/b7-4+. The summed E-state index contributed by atoms with van der Waals surface area (Å²) in [5.74, 6) is 2.20. The molecule has 5 rings (SSSR count). The molecule has 0 unspecified atom stereocenters. The van der Waals surface area contributed by atoms with Gasteiger partial charge >= 0.3 is 0 Å². The molecule has 2 aromatic rings. The first-order valence-corrected chi connectivity index (χ1v) is 10.4. The third kappa shape index (κ3) is 4.76. The molecule has 1 saturated heterocycles. The summed E-state index contributed by atoms with van der Waals surface area (Å²) in [5, 5.41) is 5.98. The summed E-state index contributed by atoms with van der Waals surface area (Å²) in [6, 6.07) is 6.28. The number of aromatic nitrogens is 3. The molecule has 0 atom stereocenters. The highest BCUT2D eigenvalue weighted by molar-refractivity contribution is 6.05. The number of aliphatic imine (C=N–C) groups is 1. The average Bonchev–Trinajstić information content (AvgIpc) is 3.51. The van der Waals surface area contributed by atoms with Crippen LogP contribution in [0.25, 0.3) is 12.2 Å². The topological polar surface area (TPSA) is 95.4 Å². The van der Waals surface area contributed by atoms with Crippen LogP contribution in [0.5, 0.6) is 0 Å². The molecule has 1 aliphatic carbocycles. The summed E-state index contributed by atoms with van der Waals surface area (Å²) < 4.78 is 13.5. The van der Waals surface area contributed by atoms with Crippen molar-refractivity contribution in [1.82, 2.24) is 20.3 Å². The van der Waals surface area contributed by atoms with Crippen LogP contribution in [0.3, 0.4) is 0 Å².